The van der Waals surface area contributed by atoms with Gasteiger partial charge in [0.25, 0.3) is 0 Å². The van der Waals surface area contributed by atoms with Gasteiger partial charge in [0.15, 0.2) is 0 Å². The normalized spacial score (nSPS) is 17.2. The summed E-state index contributed by atoms with van der Waals surface area (Å²) in [6.45, 7) is 14.8. The summed E-state index contributed by atoms with van der Waals surface area (Å²) in [6, 6.07) is 2.80. The topological polar surface area (TPSA) is 19.4 Å². The van der Waals surface area contributed by atoms with Crippen LogP contribution in [0.15, 0.2) is 18.8 Å². The van der Waals surface area contributed by atoms with Crippen molar-refractivity contribution in [3.63, 3.8) is 0 Å². The highest BCUT2D eigenvalue weighted by atomic mass is 15.3. The van der Waals surface area contributed by atoms with E-state index >= 15 is 0 Å². The number of aromatic nitrogens is 1. The molecule has 0 saturated carbocycles. The molecule has 0 aliphatic carbocycles. The maximum Gasteiger partial charge on any atom is 0.131 e. The fourth-order valence-electron chi connectivity index (χ4n) is 2.48. The van der Waals surface area contributed by atoms with Gasteiger partial charge in [0, 0.05) is 38.4 Å². The molecule has 98 valence electrons. The summed E-state index contributed by atoms with van der Waals surface area (Å²) in [5.41, 5.74) is 2.34. The zero-order valence-corrected chi connectivity index (χ0v) is 11.7. The fourth-order valence-corrected chi connectivity index (χ4v) is 2.48. The summed E-state index contributed by atoms with van der Waals surface area (Å²) in [4.78, 5) is 9.49. The third-order valence-corrected chi connectivity index (χ3v) is 3.65. The number of hydrogen-bond acceptors (Lipinski definition) is 3. The Morgan fingerprint density at radius 1 is 1.28 bits per heavy atom. The molecule has 1 saturated heterocycles. The summed E-state index contributed by atoms with van der Waals surface area (Å²) in [5.74, 6) is 1.13. The molecule has 2 rings (SSSR count). The van der Waals surface area contributed by atoms with Gasteiger partial charge in [-0.1, -0.05) is 12.7 Å². The Morgan fingerprint density at radius 2 is 1.94 bits per heavy atom. The first-order chi connectivity index (χ1) is 8.61. The van der Waals surface area contributed by atoms with Gasteiger partial charge < -0.3 is 4.90 Å². The third kappa shape index (κ3) is 2.72. The monoisotopic (exact) mass is 245 g/mol. The highest BCUT2D eigenvalue weighted by Gasteiger charge is 2.20. The minimum Gasteiger partial charge on any atom is -0.354 e. The lowest BCUT2D eigenvalue weighted by molar-refractivity contribution is 0.209. The molecular formula is C15H23N3. The maximum atomic E-state index is 4.58. The third-order valence-electron chi connectivity index (χ3n) is 3.65. The predicted octanol–water partition coefficient (Wildman–Crippen LogP) is 2.56. The van der Waals surface area contributed by atoms with Crippen molar-refractivity contribution in [2.45, 2.75) is 26.8 Å². The van der Waals surface area contributed by atoms with Crippen LogP contribution in [0.25, 0.3) is 6.08 Å². The van der Waals surface area contributed by atoms with Gasteiger partial charge in [-0.2, -0.15) is 0 Å². The molecule has 3 nitrogen and oxygen atoms in total. The average molecular weight is 245 g/mol. The Morgan fingerprint density at radius 3 is 2.44 bits per heavy atom. The molecule has 0 bridgehead atoms. The van der Waals surface area contributed by atoms with Crippen molar-refractivity contribution in [2.75, 3.05) is 31.1 Å². The van der Waals surface area contributed by atoms with E-state index in [1.807, 2.05) is 12.3 Å². The van der Waals surface area contributed by atoms with Crippen LogP contribution >= 0.6 is 0 Å². The molecule has 18 heavy (non-hydrogen) atoms. The fraction of sp³-hybridized carbons (Fsp3) is 0.533. The minimum atomic E-state index is 0.643. The molecule has 0 unspecified atom stereocenters. The molecule has 0 amide bonds. The van der Waals surface area contributed by atoms with Crippen LogP contribution in [0.4, 0.5) is 5.82 Å². The summed E-state index contributed by atoms with van der Waals surface area (Å²) in [5, 5.41) is 0. The van der Waals surface area contributed by atoms with E-state index in [2.05, 4.69) is 48.2 Å². The second-order valence-electron chi connectivity index (χ2n) is 5.23. The lowest BCUT2D eigenvalue weighted by Crippen LogP contribution is -2.49. The smallest absolute Gasteiger partial charge is 0.131 e. The Balaban J connectivity index is 2.07. The minimum absolute atomic E-state index is 0.643. The van der Waals surface area contributed by atoms with Gasteiger partial charge in [-0.25, -0.2) is 4.98 Å². The van der Waals surface area contributed by atoms with E-state index in [4.69, 9.17) is 0 Å². The SMILES string of the molecule is C=Cc1cnc(N2CCN(C(C)C)CC2)c(C)c1. The number of piperazine rings is 1. The van der Waals surface area contributed by atoms with Gasteiger partial charge in [-0.3, -0.25) is 4.90 Å². The number of pyridine rings is 1. The van der Waals surface area contributed by atoms with Crippen LogP contribution in [-0.2, 0) is 0 Å². The summed E-state index contributed by atoms with van der Waals surface area (Å²) >= 11 is 0. The van der Waals surface area contributed by atoms with Crippen molar-refractivity contribution < 1.29 is 0 Å². The van der Waals surface area contributed by atoms with Crippen LogP contribution in [0.2, 0.25) is 0 Å². The van der Waals surface area contributed by atoms with Crippen LogP contribution in [0.5, 0.6) is 0 Å². The first kappa shape index (κ1) is 13.1. The molecule has 3 heteroatoms. The molecule has 2 heterocycles. The van der Waals surface area contributed by atoms with Gasteiger partial charge in [-0.15, -0.1) is 0 Å². The van der Waals surface area contributed by atoms with E-state index in [1.54, 1.807) is 0 Å². The van der Waals surface area contributed by atoms with Gasteiger partial charge in [0.05, 0.1) is 0 Å². The van der Waals surface area contributed by atoms with Crippen LogP contribution < -0.4 is 4.90 Å². The van der Waals surface area contributed by atoms with Crippen molar-refractivity contribution in [3.05, 3.63) is 30.0 Å². The van der Waals surface area contributed by atoms with Gasteiger partial charge in [0.2, 0.25) is 0 Å². The van der Waals surface area contributed by atoms with Crippen LogP contribution in [-0.4, -0.2) is 42.1 Å². The van der Waals surface area contributed by atoms with Crippen LogP contribution in [0.1, 0.15) is 25.0 Å². The van der Waals surface area contributed by atoms with Crippen molar-refractivity contribution in [1.82, 2.24) is 9.88 Å². The molecule has 0 N–H and O–H groups in total. The Bertz CT molecular complexity index is 418. The average Bonchev–Trinajstić information content (AvgIpc) is 2.38. The van der Waals surface area contributed by atoms with E-state index in [9.17, 15) is 0 Å². The van der Waals surface area contributed by atoms with Crippen molar-refractivity contribution in [1.29, 1.82) is 0 Å². The van der Waals surface area contributed by atoms with Gasteiger partial charge in [0.1, 0.15) is 5.82 Å². The molecule has 1 aromatic rings. The number of aryl methyl sites for hydroxylation is 1. The van der Waals surface area contributed by atoms with Crippen molar-refractivity contribution in [2.24, 2.45) is 0 Å². The molecular weight excluding hydrogens is 222 g/mol. The van der Waals surface area contributed by atoms with E-state index in [-0.39, 0.29) is 0 Å². The molecule has 0 spiro atoms. The van der Waals surface area contributed by atoms with Crippen molar-refractivity contribution >= 4 is 11.9 Å². The summed E-state index contributed by atoms with van der Waals surface area (Å²) < 4.78 is 0. The zero-order valence-electron chi connectivity index (χ0n) is 11.7. The standard InChI is InChI=1S/C15H23N3/c1-5-14-10-13(4)15(16-11-14)18-8-6-17(7-9-18)12(2)3/h5,10-12H,1,6-9H2,2-4H3. The number of nitrogens with zero attached hydrogens (tertiary/aromatic N) is 3. The van der Waals surface area contributed by atoms with E-state index in [0.717, 1.165) is 37.6 Å². The zero-order chi connectivity index (χ0) is 13.1. The van der Waals surface area contributed by atoms with Gasteiger partial charge in [-0.05, 0) is 38.0 Å². The number of rotatable bonds is 3. The molecule has 0 radical (unpaired) electrons. The maximum absolute atomic E-state index is 4.58. The van der Waals surface area contributed by atoms with Crippen molar-refractivity contribution in [3.8, 4) is 0 Å². The largest absolute Gasteiger partial charge is 0.354 e. The highest BCUT2D eigenvalue weighted by molar-refractivity contribution is 5.54. The molecule has 0 atom stereocenters. The van der Waals surface area contributed by atoms with E-state index in [0.29, 0.717) is 6.04 Å². The summed E-state index contributed by atoms with van der Waals surface area (Å²) in [6.07, 6.45) is 3.75. The molecule has 1 fully saturated rings. The Kier molecular flexibility index (Phi) is 4.02. The first-order valence-corrected chi connectivity index (χ1v) is 6.70. The van der Waals surface area contributed by atoms with Crippen LogP contribution in [0.3, 0.4) is 0 Å². The Hall–Kier alpha value is -1.35. The van der Waals surface area contributed by atoms with E-state index in [1.165, 1.54) is 5.56 Å². The number of anilines is 1. The lowest BCUT2D eigenvalue weighted by Gasteiger charge is -2.38. The molecule has 0 aromatic carbocycles. The Labute approximate surface area is 110 Å². The van der Waals surface area contributed by atoms with Gasteiger partial charge >= 0.3 is 0 Å². The summed E-state index contributed by atoms with van der Waals surface area (Å²) in [7, 11) is 0. The molecule has 1 aromatic heterocycles. The second-order valence-corrected chi connectivity index (χ2v) is 5.23. The molecule has 1 aliphatic heterocycles. The lowest BCUT2D eigenvalue weighted by atomic mass is 10.1. The van der Waals surface area contributed by atoms with E-state index < -0.39 is 0 Å². The van der Waals surface area contributed by atoms with Crippen LogP contribution in [0, 0.1) is 6.92 Å². The second kappa shape index (κ2) is 5.53. The first-order valence-electron chi connectivity index (χ1n) is 6.70. The molecule has 1 aliphatic rings. The quantitative estimate of drug-likeness (QED) is 0.816. The predicted molar refractivity (Wildman–Crippen MR) is 78.0 cm³/mol. The highest BCUT2D eigenvalue weighted by Crippen LogP contribution is 2.20. The number of hydrogen-bond donors (Lipinski definition) is 0.